The molecule has 1 spiro atoms. The molecule has 6 aromatic carbocycles. The molecule has 1 heterocycles. The molecule has 1 nitrogen and oxygen atoms in total. The second-order valence-electron chi connectivity index (χ2n) is 12.1. The van der Waals surface area contributed by atoms with Crippen molar-refractivity contribution in [1.82, 2.24) is 0 Å². The Morgan fingerprint density at radius 3 is 1.23 bits per heavy atom. The molecule has 0 bridgehead atoms. The Bertz CT molecular complexity index is 1770. The van der Waals surface area contributed by atoms with Gasteiger partial charge < -0.3 is 4.90 Å². The predicted molar refractivity (Wildman–Crippen MR) is 181 cm³/mol. The Morgan fingerprint density at radius 2 is 0.767 bits per heavy atom. The molecule has 1 heteroatoms. The van der Waals surface area contributed by atoms with E-state index in [9.17, 15) is 0 Å². The first-order chi connectivity index (χ1) is 21.3. The summed E-state index contributed by atoms with van der Waals surface area (Å²) < 4.78 is 0. The first kappa shape index (κ1) is 25.8. The van der Waals surface area contributed by atoms with E-state index in [0.717, 1.165) is 0 Å². The lowest BCUT2D eigenvalue weighted by Crippen LogP contribution is -2.37. The first-order valence-corrected chi connectivity index (χ1v) is 15.7. The van der Waals surface area contributed by atoms with Crippen LogP contribution in [-0.2, 0) is 5.41 Å². The fourth-order valence-corrected chi connectivity index (χ4v) is 7.53. The van der Waals surface area contributed by atoms with Crippen molar-refractivity contribution in [3.05, 3.63) is 163 Å². The summed E-state index contributed by atoms with van der Waals surface area (Å²) in [5.41, 5.74) is 14.4. The van der Waals surface area contributed by atoms with Crippen LogP contribution in [0.1, 0.15) is 43.2 Å². The van der Waals surface area contributed by atoms with Gasteiger partial charge in [-0.15, -0.1) is 0 Å². The number of anilines is 3. The molecule has 0 atom stereocenters. The molecule has 0 unspecified atom stereocenters. The molecule has 0 radical (unpaired) electrons. The van der Waals surface area contributed by atoms with E-state index in [2.05, 4.69) is 157 Å². The van der Waals surface area contributed by atoms with Gasteiger partial charge in [0.25, 0.3) is 0 Å². The van der Waals surface area contributed by atoms with E-state index in [0.29, 0.717) is 0 Å². The highest BCUT2D eigenvalue weighted by Crippen LogP contribution is 2.58. The monoisotopic (exact) mass is 553 g/mol. The van der Waals surface area contributed by atoms with E-state index in [1.807, 2.05) is 0 Å². The molecule has 2 aliphatic rings. The van der Waals surface area contributed by atoms with Gasteiger partial charge in [0.15, 0.2) is 0 Å². The minimum atomic E-state index is -0.00102. The third kappa shape index (κ3) is 4.48. The second kappa shape index (κ2) is 10.7. The minimum Gasteiger partial charge on any atom is -0.310 e. The van der Waals surface area contributed by atoms with Crippen LogP contribution < -0.4 is 4.90 Å². The maximum Gasteiger partial charge on any atom is 0.0503 e. The van der Waals surface area contributed by atoms with Gasteiger partial charge in [-0.2, -0.15) is 0 Å². The van der Waals surface area contributed by atoms with Crippen molar-refractivity contribution < 1.29 is 0 Å². The van der Waals surface area contributed by atoms with Gasteiger partial charge in [-0.1, -0.05) is 135 Å². The molecule has 1 aliphatic carbocycles. The van der Waals surface area contributed by atoms with Gasteiger partial charge in [0.05, 0.1) is 11.4 Å². The van der Waals surface area contributed by atoms with Gasteiger partial charge in [0, 0.05) is 11.1 Å². The van der Waals surface area contributed by atoms with E-state index >= 15 is 0 Å². The van der Waals surface area contributed by atoms with Crippen molar-refractivity contribution >= 4 is 17.1 Å². The molecular weight excluding hydrogens is 518 g/mol. The Balaban J connectivity index is 1.35. The number of fused-ring (bicyclic) bond motifs is 4. The lowest BCUT2D eigenvalue weighted by Gasteiger charge is -2.48. The molecule has 1 saturated carbocycles. The predicted octanol–water partition coefficient (Wildman–Crippen LogP) is 11.7. The van der Waals surface area contributed by atoms with Crippen molar-refractivity contribution in [2.24, 2.45) is 0 Å². The average Bonchev–Trinajstić information content (AvgIpc) is 3.10. The lowest BCUT2D eigenvalue weighted by molar-refractivity contribution is 0.344. The summed E-state index contributed by atoms with van der Waals surface area (Å²) in [6.45, 7) is 0. The average molecular weight is 554 g/mol. The molecule has 43 heavy (non-hydrogen) atoms. The number of benzene rings is 6. The second-order valence-corrected chi connectivity index (χ2v) is 12.1. The summed E-state index contributed by atoms with van der Waals surface area (Å²) in [5.74, 6) is 0. The van der Waals surface area contributed by atoms with Crippen molar-refractivity contribution in [2.45, 2.75) is 37.5 Å². The van der Waals surface area contributed by atoms with Gasteiger partial charge in [-0.05, 0) is 93.7 Å². The third-order valence-corrected chi connectivity index (χ3v) is 9.66. The van der Waals surface area contributed by atoms with Crippen LogP contribution in [0.3, 0.4) is 0 Å². The van der Waals surface area contributed by atoms with Crippen LogP contribution in [0.15, 0.2) is 152 Å². The smallest absolute Gasteiger partial charge is 0.0503 e. The number of hydrogen-bond acceptors (Lipinski definition) is 1. The Morgan fingerprint density at radius 1 is 0.372 bits per heavy atom. The summed E-state index contributed by atoms with van der Waals surface area (Å²) in [4.78, 5) is 2.52. The summed E-state index contributed by atoms with van der Waals surface area (Å²) >= 11 is 0. The van der Waals surface area contributed by atoms with Crippen LogP contribution in [0.2, 0.25) is 0 Å². The Labute approximate surface area is 255 Å². The SMILES string of the molecule is c1ccc(-c2ccc(N3c4ccc(-c5ccccc5)cc4C4(CCCCC4)c4cc(-c5ccccc5)ccc43)cc2)cc1. The van der Waals surface area contributed by atoms with Gasteiger partial charge in [-0.25, -0.2) is 0 Å². The van der Waals surface area contributed by atoms with E-state index in [1.54, 1.807) is 0 Å². The highest BCUT2D eigenvalue weighted by atomic mass is 15.2. The highest BCUT2D eigenvalue weighted by molar-refractivity contribution is 5.89. The standard InChI is InChI=1S/C42H35N/c1-5-13-31(14-6-1)34-19-23-37(24-20-34)43-40-25-21-35(32-15-7-2-8-16-32)29-38(40)42(27-11-4-12-28-42)39-30-36(22-26-41(39)43)33-17-9-3-10-18-33/h1-3,5-10,13-26,29-30H,4,11-12,27-28H2. The van der Waals surface area contributed by atoms with E-state index in [-0.39, 0.29) is 5.41 Å². The van der Waals surface area contributed by atoms with Crippen molar-refractivity contribution in [1.29, 1.82) is 0 Å². The summed E-state index contributed by atoms with van der Waals surface area (Å²) in [7, 11) is 0. The zero-order chi connectivity index (χ0) is 28.6. The zero-order valence-electron chi connectivity index (χ0n) is 24.4. The number of rotatable bonds is 4. The third-order valence-electron chi connectivity index (χ3n) is 9.66. The fourth-order valence-electron chi connectivity index (χ4n) is 7.53. The Kier molecular flexibility index (Phi) is 6.45. The van der Waals surface area contributed by atoms with E-state index < -0.39 is 0 Å². The van der Waals surface area contributed by atoms with Crippen LogP contribution in [0.25, 0.3) is 33.4 Å². The van der Waals surface area contributed by atoms with Gasteiger partial charge in [-0.3, -0.25) is 0 Å². The van der Waals surface area contributed by atoms with Crippen LogP contribution >= 0.6 is 0 Å². The topological polar surface area (TPSA) is 3.24 Å². The zero-order valence-corrected chi connectivity index (χ0v) is 24.4. The molecule has 1 fully saturated rings. The van der Waals surface area contributed by atoms with Crippen molar-refractivity contribution in [3.63, 3.8) is 0 Å². The first-order valence-electron chi connectivity index (χ1n) is 15.7. The van der Waals surface area contributed by atoms with E-state index in [4.69, 9.17) is 0 Å². The largest absolute Gasteiger partial charge is 0.310 e. The highest BCUT2D eigenvalue weighted by Gasteiger charge is 2.44. The molecule has 8 rings (SSSR count). The molecular formula is C42H35N. The van der Waals surface area contributed by atoms with Crippen LogP contribution in [-0.4, -0.2) is 0 Å². The fraction of sp³-hybridized carbons (Fsp3) is 0.143. The molecule has 0 amide bonds. The Hall–Kier alpha value is -4.88. The quantitative estimate of drug-likeness (QED) is 0.210. The minimum absolute atomic E-state index is 0.00102. The molecule has 208 valence electrons. The lowest BCUT2D eigenvalue weighted by atomic mass is 9.62. The van der Waals surface area contributed by atoms with Crippen LogP contribution in [0.5, 0.6) is 0 Å². The summed E-state index contributed by atoms with van der Waals surface area (Å²) in [6.07, 6.45) is 6.20. The van der Waals surface area contributed by atoms with Crippen LogP contribution in [0, 0.1) is 0 Å². The molecule has 0 N–H and O–H groups in total. The molecule has 1 aliphatic heterocycles. The summed E-state index contributed by atoms with van der Waals surface area (Å²) in [5, 5.41) is 0. The molecule has 0 saturated heterocycles. The van der Waals surface area contributed by atoms with Crippen LogP contribution in [0.4, 0.5) is 17.1 Å². The number of nitrogens with zero attached hydrogens (tertiary/aromatic N) is 1. The van der Waals surface area contributed by atoms with Gasteiger partial charge >= 0.3 is 0 Å². The van der Waals surface area contributed by atoms with E-state index in [1.165, 1.54) is 93.7 Å². The van der Waals surface area contributed by atoms with Crippen molar-refractivity contribution in [3.8, 4) is 33.4 Å². The van der Waals surface area contributed by atoms with Crippen molar-refractivity contribution in [2.75, 3.05) is 4.90 Å². The molecule has 6 aromatic rings. The van der Waals surface area contributed by atoms with Gasteiger partial charge in [0.2, 0.25) is 0 Å². The summed E-state index contributed by atoms with van der Waals surface area (Å²) in [6, 6.07) is 56.0. The number of hydrogen-bond donors (Lipinski definition) is 0. The maximum absolute atomic E-state index is 2.52. The maximum atomic E-state index is 2.52. The normalized spacial score (nSPS) is 15.1. The molecule has 0 aromatic heterocycles. The van der Waals surface area contributed by atoms with Gasteiger partial charge in [0.1, 0.15) is 0 Å².